The number of nitrogens with zero attached hydrogens (tertiary/aromatic N) is 1. The average molecular weight is 302 g/mol. The Bertz CT molecular complexity index is 777. The summed E-state index contributed by atoms with van der Waals surface area (Å²) >= 11 is 7.53. The molecule has 1 heterocycles. The molecule has 0 fully saturated rings. The smallest absolute Gasteiger partial charge is 0.124 e. The Balaban J connectivity index is 2.01. The number of nitrogens with one attached hydrogen (secondary N) is 2. The number of hydrogen-bond acceptors (Lipinski definition) is 3. The number of amidine groups is 1. The van der Waals surface area contributed by atoms with E-state index in [4.69, 9.17) is 17.0 Å². The van der Waals surface area contributed by atoms with Crippen LogP contribution in [-0.4, -0.2) is 10.8 Å². The SMILES string of the molecule is CC(=N)Nc1ccc2nc(-c3ccc(Cl)cc3)sc2c1. The number of halogens is 1. The van der Waals surface area contributed by atoms with Gasteiger partial charge in [-0.15, -0.1) is 11.3 Å². The van der Waals surface area contributed by atoms with Crippen LogP contribution >= 0.6 is 22.9 Å². The van der Waals surface area contributed by atoms with Crippen molar-refractivity contribution in [3.63, 3.8) is 0 Å². The summed E-state index contributed by atoms with van der Waals surface area (Å²) < 4.78 is 1.10. The molecule has 100 valence electrons. The first-order valence-electron chi connectivity index (χ1n) is 6.10. The third kappa shape index (κ3) is 2.66. The van der Waals surface area contributed by atoms with Crippen molar-refractivity contribution in [2.75, 3.05) is 5.32 Å². The highest BCUT2D eigenvalue weighted by Crippen LogP contribution is 2.32. The Morgan fingerprint density at radius 3 is 2.65 bits per heavy atom. The van der Waals surface area contributed by atoms with Crippen molar-refractivity contribution < 1.29 is 0 Å². The zero-order valence-electron chi connectivity index (χ0n) is 10.8. The normalized spacial score (nSPS) is 10.7. The van der Waals surface area contributed by atoms with Crippen LogP contribution in [0.5, 0.6) is 0 Å². The fourth-order valence-electron chi connectivity index (χ4n) is 1.93. The molecule has 0 saturated carbocycles. The molecule has 0 saturated heterocycles. The molecule has 2 aromatic carbocycles. The second-order valence-corrected chi connectivity index (χ2v) is 5.93. The summed E-state index contributed by atoms with van der Waals surface area (Å²) in [6, 6.07) is 13.6. The lowest BCUT2D eigenvalue weighted by Gasteiger charge is -2.02. The Hall–Kier alpha value is -1.91. The van der Waals surface area contributed by atoms with Crippen molar-refractivity contribution in [2.24, 2.45) is 0 Å². The van der Waals surface area contributed by atoms with E-state index in [1.165, 1.54) is 0 Å². The van der Waals surface area contributed by atoms with Gasteiger partial charge in [0, 0.05) is 16.3 Å². The van der Waals surface area contributed by atoms with Crippen LogP contribution in [0.4, 0.5) is 5.69 Å². The summed E-state index contributed by atoms with van der Waals surface area (Å²) in [7, 11) is 0. The quantitative estimate of drug-likeness (QED) is 0.515. The van der Waals surface area contributed by atoms with Gasteiger partial charge < -0.3 is 5.32 Å². The predicted octanol–water partition coefficient (Wildman–Crippen LogP) is 5.03. The van der Waals surface area contributed by atoms with Gasteiger partial charge in [0.2, 0.25) is 0 Å². The van der Waals surface area contributed by atoms with Gasteiger partial charge in [-0.2, -0.15) is 0 Å². The minimum Gasteiger partial charge on any atom is -0.344 e. The molecule has 0 amide bonds. The van der Waals surface area contributed by atoms with Gasteiger partial charge in [-0.05, 0) is 37.3 Å². The molecular formula is C15H12ClN3S. The molecule has 1 aromatic heterocycles. The van der Waals surface area contributed by atoms with Crippen LogP contribution < -0.4 is 5.32 Å². The van der Waals surface area contributed by atoms with Crippen LogP contribution in [0.25, 0.3) is 20.8 Å². The molecule has 3 nitrogen and oxygen atoms in total. The lowest BCUT2D eigenvalue weighted by Crippen LogP contribution is -2.04. The van der Waals surface area contributed by atoms with Crippen LogP contribution in [-0.2, 0) is 0 Å². The number of rotatable bonds is 2. The van der Waals surface area contributed by atoms with Gasteiger partial charge in [-0.1, -0.05) is 23.7 Å². The summed E-state index contributed by atoms with van der Waals surface area (Å²) in [5, 5.41) is 12.2. The van der Waals surface area contributed by atoms with E-state index in [1.807, 2.05) is 42.5 Å². The molecule has 3 aromatic rings. The molecule has 3 rings (SSSR count). The maximum Gasteiger partial charge on any atom is 0.124 e. The van der Waals surface area contributed by atoms with Crippen LogP contribution in [0.3, 0.4) is 0 Å². The monoisotopic (exact) mass is 301 g/mol. The average Bonchev–Trinajstić information content (AvgIpc) is 2.81. The van der Waals surface area contributed by atoms with Gasteiger partial charge in [-0.3, -0.25) is 5.41 Å². The topological polar surface area (TPSA) is 48.8 Å². The molecule has 0 radical (unpaired) electrons. The van der Waals surface area contributed by atoms with Crippen molar-refractivity contribution in [3.8, 4) is 10.6 Å². The molecule has 0 aliphatic carbocycles. The van der Waals surface area contributed by atoms with Gasteiger partial charge in [0.25, 0.3) is 0 Å². The van der Waals surface area contributed by atoms with Crippen molar-refractivity contribution in [1.29, 1.82) is 5.41 Å². The van der Waals surface area contributed by atoms with Crippen molar-refractivity contribution in [2.45, 2.75) is 6.92 Å². The van der Waals surface area contributed by atoms with Gasteiger partial charge in [0.15, 0.2) is 0 Å². The van der Waals surface area contributed by atoms with E-state index in [-0.39, 0.29) is 0 Å². The number of benzene rings is 2. The highest BCUT2D eigenvalue weighted by molar-refractivity contribution is 7.21. The van der Waals surface area contributed by atoms with Crippen LogP contribution in [0.1, 0.15) is 6.92 Å². The maximum atomic E-state index is 7.46. The third-order valence-corrected chi connectivity index (χ3v) is 4.13. The van der Waals surface area contributed by atoms with Gasteiger partial charge in [0.05, 0.1) is 16.1 Å². The first kappa shape index (κ1) is 13.1. The second kappa shape index (κ2) is 5.23. The Kier molecular flexibility index (Phi) is 3.42. The zero-order chi connectivity index (χ0) is 14.1. The lowest BCUT2D eigenvalue weighted by molar-refractivity contribution is 1.44. The minimum atomic E-state index is 0.423. The standard InChI is InChI=1S/C15H12ClN3S/c1-9(17)18-12-6-7-13-14(8-12)20-15(19-13)10-2-4-11(16)5-3-10/h2-8H,1H3,(H2,17,18). The fourth-order valence-corrected chi connectivity index (χ4v) is 3.07. The zero-order valence-corrected chi connectivity index (χ0v) is 12.3. The number of aromatic nitrogens is 1. The molecule has 0 bridgehead atoms. The summed E-state index contributed by atoms with van der Waals surface area (Å²) in [4.78, 5) is 4.63. The van der Waals surface area contributed by atoms with E-state index in [1.54, 1.807) is 18.3 Å². The van der Waals surface area contributed by atoms with Gasteiger partial charge in [-0.25, -0.2) is 4.98 Å². The van der Waals surface area contributed by atoms with Crippen LogP contribution in [0.2, 0.25) is 5.02 Å². The van der Waals surface area contributed by atoms with E-state index in [2.05, 4.69) is 10.3 Å². The van der Waals surface area contributed by atoms with Gasteiger partial charge in [0.1, 0.15) is 5.01 Å². The molecule has 2 N–H and O–H groups in total. The first-order valence-corrected chi connectivity index (χ1v) is 7.30. The summed E-state index contributed by atoms with van der Waals surface area (Å²) in [5.74, 6) is 0.423. The molecular weight excluding hydrogens is 290 g/mol. The molecule has 0 spiro atoms. The number of hydrogen-bond donors (Lipinski definition) is 2. The number of thiazole rings is 1. The number of anilines is 1. The first-order chi connectivity index (χ1) is 9.61. The van der Waals surface area contributed by atoms with E-state index in [9.17, 15) is 0 Å². The van der Waals surface area contributed by atoms with E-state index in [0.29, 0.717) is 5.84 Å². The molecule has 0 aliphatic rings. The second-order valence-electron chi connectivity index (χ2n) is 4.46. The van der Waals surface area contributed by atoms with Crippen molar-refractivity contribution in [1.82, 2.24) is 4.98 Å². The van der Waals surface area contributed by atoms with Crippen molar-refractivity contribution in [3.05, 3.63) is 47.5 Å². The van der Waals surface area contributed by atoms with E-state index < -0.39 is 0 Å². The Morgan fingerprint density at radius 2 is 1.95 bits per heavy atom. The molecule has 0 aliphatic heterocycles. The summed E-state index contributed by atoms with van der Waals surface area (Å²) in [6.45, 7) is 1.72. The minimum absolute atomic E-state index is 0.423. The molecule has 20 heavy (non-hydrogen) atoms. The van der Waals surface area contributed by atoms with Crippen molar-refractivity contribution >= 4 is 44.7 Å². The highest BCUT2D eigenvalue weighted by Gasteiger charge is 2.07. The van der Waals surface area contributed by atoms with Crippen LogP contribution in [0.15, 0.2) is 42.5 Å². The lowest BCUT2D eigenvalue weighted by atomic mass is 10.2. The third-order valence-electron chi connectivity index (χ3n) is 2.81. The molecule has 0 atom stereocenters. The van der Waals surface area contributed by atoms with Crippen LogP contribution in [0, 0.1) is 5.41 Å². The Labute approximate surface area is 125 Å². The molecule has 5 heteroatoms. The maximum absolute atomic E-state index is 7.46. The fraction of sp³-hybridized carbons (Fsp3) is 0.0667. The summed E-state index contributed by atoms with van der Waals surface area (Å²) in [6.07, 6.45) is 0. The highest BCUT2D eigenvalue weighted by atomic mass is 35.5. The molecule has 0 unspecified atom stereocenters. The Morgan fingerprint density at radius 1 is 1.20 bits per heavy atom. The largest absolute Gasteiger partial charge is 0.344 e. The number of fused-ring (bicyclic) bond motifs is 1. The van der Waals surface area contributed by atoms with E-state index in [0.717, 1.165) is 31.5 Å². The predicted molar refractivity (Wildman–Crippen MR) is 87.1 cm³/mol. The van der Waals surface area contributed by atoms with Gasteiger partial charge >= 0.3 is 0 Å². The summed E-state index contributed by atoms with van der Waals surface area (Å²) in [5.41, 5.74) is 2.94. The van der Waals surface area contributed by atoms with E-state index >= 15 is 0 Å².